The molecule has 0 saturated carbocycles. The molecule has 0 amide bonds. The number of hydrogen-bond donors (Lipinski definition) is 2. The largest absolute Gasteiger partial charge is 0.481 e. The fourth-order valence-corrected chi connectivity index (χ4v) is 13.6. The smallest absolute Gasteiger partial charge is 0.303 e. The summed E-state index contributed by atoms with van der Waals surface area (Å²) in [6.07, 6.45) is 19.5. The molecule has 2 N–H and O–H groups in total. The summed E-state index contributed by atoms with van der Waals surface area (Å²) in [6, 6.07) is 2.54. The summed E-state index contributed by atoms with van der Waals surface area (Å²) in [6.45, 7) is 9.59. The molecule has 196 valence electrons. The van der Waals surface area contributed by atoms with E-state index in [1.54, 1.807) is 0 Å². The Morgan fingerprint density at radius 1 is 0.485 bits per heavy atom. The first-order valence-corrected chi connectivity index (χ1v) is 19.9. The summed E-state index contributed by atoms with van der Waals surface area (Å²) in [5, 5.41) is 17.3. The molecule has 0 fully saturated rings. The number of carboxylic acids is 2. The summed E-state index contributed by atoms with van der Waals surface area (Å²) in [7, 11) is -3.15. The van der Waals surface area contributed by atoms with Crippen molar-refractivity contribution in [3.63, 3.8) is 0 Å². The van der Waals surface area contributed by atoms with Crippen LogP contribution in [0.4, 0.5) is 0 Å². The monoisotopic (exact) mass is 502 g/mol. The van der Waals surface area contributed by atoms with E-state index in [1.165, 1.54) is 89.1 Å². The standard InChI is InChI=1S/C26H54O5Si2/c1-32(2,23-19-15-11-7-5-9-13-17-21-25(27)28)31-33(3,4)24-20-16-12-8-6-10-14-18-22-26(29)30/h5-24H2,1-4H3,(H,27,28)(H,29,30). The van der Waals surface area contributed by atoms with Crippen LogP contribution in [0.2, 0.25) is 38.3 Å². The summed E-state index contributed by atoms with van der Waals surface area (Å²) in [4.78, 5) is 21.0. The highest BCUT2D eigenvalue weighted by atomic mass is 28.4. The fourth-order valence-electron chi connectivity index (χ4n) is 4.63. The van der Waals surface area contributed by atoms with Crippen LogP contribution in [0.3, 0.4) is 0 Å². The number of carbonyl (C=O) groups is 2. The number of hydrogen-bond acceptors (Lipinski definition) is 3. The average Bonchev–Trinajstić information content (AvgIpc) is 2.69. The predicted molar refractivity (Wildman–Crippen MR) is 144 cm³/mol. The first-order valence-electron chi connectivity index (χ1n) is 13.7. The van der Waals surface area contributed by atoms with Gasteiger partial charge in [-0.25, -0.2) is 0 Å². The zero-order chi connectivity index (χ0) is 25.0. The average molecular weight is 503 g/mol. The van der Waals surface area contributed by atoms with Crippen molar-refractivity contribution < 1.29 is 23.9 Å². The molecule has 5 nitrogen and oxygen atoms in total. The summed E-state index contributed by atoms with van der Waals surface area (Å²) in [5.74, 6) is -1.35. The quantitative estimate of drug-likeness (QED) is 0.102. The van der Waals surface area contributed by atoms with Gasteiger partial charge in [-0.1, -0.05) is 89.9 Å². The lowest BCUT2D eigenvalue weighted by molar-refractivity contribution is -0.138. The Hall–Kier alpha value is -0.666. The molecule has 0 aromatic heterocycles. The van der Waals surface area contributed by atoms with Crippen LogP contribution in [0.5, 0.6) is 0 Å². The van der Waals surface area contributed by atoms with Gasteiger partial charge < -0.3 is 14.3 Å². The van der Waals surface area contributed by atoms with Crippen molar-refractivity contribution in [2.45, 2.75) is 154 Å². The first-order chi connectivity index (χ1) is 15.5. The molecule has 0 aliphatic heterocycles. The molecule has 0 atom stereocenters. The number of rotatable bonds is 24. The van der Waals surface area contributed by atoms with E-state index in [4.69, 9.17) is 14.3 Å². The van der Waals surface area contributed by atoms with Gasteiger partial charge in [0.2, 0.25) is 0 Å². The minimum Gasteiger partial charge on any atom is -0.481 e. The molecular formula is C26H54O5Si2. The Kier molecular flexibility index (Phi) is 19.2. The Labute approximate surface area is 206 Å². The second kappa shape index (κ2) is 19.6. The highest BCUT2D eigenvalue weighted by Crippen LogP contribution is 2.26. The second-order valence-electron chi connectivity index (χ2n) is 11.1. The van der Waals surface area contributed by atoms with Crippen LogP contribution >= 0.6 is 0 Å². The van der Waals surface area contributed by atoms with Crippen LogP contribution < -0.4 is 0 Å². The van der Waals surface area contributed by atoms with Gasteiger partial charge in [0, 0.05) is 12.8 Å². The molecule has 0 saturated heterocycles. The minimum absolute atomic E-state index is 0.316. The molecule has 0 unspecified atom stereocenters. The summed E-state index contributed by atoms with van der Waals surface area (Å²) < 4.78 is 6.79. The van der Waals surface area contributed by atoms with E-state index in [0.29, 0.717) is 12.8 Å². The van der Waals surface area contributed by atoms with Gasteiger partial charge in [-0.05, 0) is 51.1 Å². The van der Waals surface area contributed by atoms with E-state index in [1.807, 2.05) is 0 Å². The molecule has 0 aromatic rings. The third-order valence-electron chi connectivity index (χ3n) is 6.39. The predicted octanol–water partition coefficient (Wildman–Crippen LogP) is 8.60. The molecule has 0 spiro atoms. The molecule has 0 radical (unpaired) electrons. The van der Waals surface area contributed by atoms with Crippen molar-refractivity contribution in [1.82, 2.24) is 0 Å². The highest BCUT2D eigenvalue weighted by molar-refractivity contribution is 6.84. The van der Waals surface area contributed by atoms with E-state index >= 15 is 0 Å². The van der Waals surface area contributed by atoms with E-state index in [9.17, 15) is 9.59 Å². The Bertz CT molecular complexity index is 465. The van der Waals surface area contributed by atoms with Crippen LogP contribution in [0.25, 0.3) is 0 Å². The number of aliphatic carboxylic acids is 2. The van der Waals surface area contributed by atoms with Gasteiger partial charge >= 0.3 is 11.9 Å². The molecule has 0 heterocycles. The topological polar surface area (TPSA) is 83.8 Å². The van der Waals surface area contributed by atoms with Gasteiger partial charge in [0.05, 0.1) is 0 Å². The van der Waals surface area contributed by atoms with Gasteiger partial charge in [-0.3, -0.25) is 9.59 Å². The van der Waals surface area contributed by atoms with Crippen molar-refractivity contribution in [1.29, 1.82) is 0 Å². The van der Waals surface area contributed by atoms with Crippen molar-refractivity contribution in [3.05, 3.63) is 0 Å². The Balaban J connectivity index is 3.68. The SMILES string of the molecule is C[Si](C)(CCCCCCCCCCC(=O)O)O[Si](C)(C)CCCCCCCCCCC(=O)O. The maximum absolute atomic E-state index is 10.5. The molecule has 0 rings (SSSR count). The minimum atomic E-state index is -1.57. The van der Waals surface area contributed by atoms with Crippen LogP contribution in [0.1, 0.15) is 116 Å². The molecular weight excluding hydrogens is 448 g/mol. The van der Waals surface area contributed by atoms with Crippen LogP contribution in [-0.4, -0.2) is 38.8 Å². The van der Waals surface area contributed by atoms with Crippen LogP contribution in [0, 0.1) is 0 Å². The van der Waals surface area contributed by atoms with E-state index in [0.717, 1.165) is 25.7 Å². The third kappa shape index (κ3) is 24.3. The Morgan fingerprint density at radius 2 is 0.727 bits per heavy atom. The van der Waals surface area contributed by atoms with Crippen molar-refractivity contribution >= 4 is 28.6 Å². The van der Waals surface area contributed by atoms with Crippen molar-refractivity contribution in [3.8, 4) is 0 Å². The molecule has 7 heteroatoms. The van der Waals surface area contributed by atoms with Gasteiger partial charge in [0.1, 0.15) is 0 Å². The maximum atomic E-state index is 10.5. The lowest BCUT2D eigenvalue weighted by Gasteiger charge is -2.34. The van der Waals surface area contributed by atoms with Crippen LogP contribution in [-0.2, 0) is 13.7 Å². The van der Waals surface area contributed by atoms with Crippen molar-refractivity contribution in [2.75, 3.05) is 0 Å². The normalized spacial score (nSPS) is 12.2. The highest BCUT2D eigenvalue weighted by Gasteiger charge is 2.32. The fraction of sp³-hybridized carbons (Fsp3) is 0.923. The summed E-state index contributed by atoms with van der Waals surface area (Å²) >= 11 is 0. The number of unbranched alkanes of at least 4 members (excludes halogenated alkanes) is 14. The van der Waals surface area contributed by atoms with Crippen molar-refractivity contribution in [2.24, 2.45) is 0 Å². The zero-order valence-electron chi connectivity index (χ0n) is 22.3. The molecule has 0 bridgehead atoms. The Morgan fingerprint density at radius 3 is 1.00 bits per heavy atom. The maximum Gasteiger partial charge on any atom is 0.303 e. The molecule has 33 heavy (non-hydrogen) atoms. The van der Waals surface area contributed by atoms with Gasteiger partial charge in [0.25, 0.3) is 0 Å². The third-order valence-corrected chi connectivity index (χ3v) is 13.9. The van der Waals surface area contributed by atoms with E-state index in [-0.39, 0.29) is 0 Å². The molecule has 0 aromatic carbocycles. The van der Waals surface area contributed by atoms with E-state index < -0.39 is 28.6 Å². The number of carboxylic acid groups (broad SMARTS) is 2. The van der Waals surface area contributed by atoms with Gasteiger partial charge in [-0.2, -0.15) is 0 Å². The molecule has 0 aliphatic rings. The van der Waals surface area contributed by atoms with E-state index in [2.05, 4.69) is 26.2 Å². The lowest BCUT2D eigenvalue weighted by atomic mass is 10.1. The van der Waals surface area contributed by atoms with Crippen LogP contribution in [0.15, 0.2) is 0 Å². The first kappa shape index (κ1) is 32.3. The summed E-state index contributed by atoms with van der Waals surface area (Å²) in [5.41, 5.74) is 0. The van der Waals surface area contributed by atoms with Gasteiger partial charge in [-0.15, -0.1) is 0 Å². The zero-order valence-corrected chi connectivity index (χ0v) is 24.3. The lowest BCUT2D eigenvalue weighted by Crippen LogP contribution is -2.44. The second-order valence-corrected chi connectivity index (χ2v) is 19.9. The molecule has 0 aliphatic carbocycles. The van der Waals surface area contributed by atoms with Gasteiger partial charge in [0.15, 0.2) is 16.6 Å².